The van der Waals surface area contributed by atoms with Crippen LogP contribution in [0.2, 0.25) is 0 Å². The summed E-state index contributed by atoms with van der Waals surface area (Å²) >= 11 is 0. The van der Waals surface area contributed by atoms with Crippen LogP contribution in [0, 0.1) is 0 Å². The molecular weight excluding hydrogens is 328 g/mol. The molecule has 7 nitrogen and oxygen atoms in total. The van der Waals surface area contributed by atoms with Gasteiger partial charge in [-0.1, -0.05) is 18.7 Å². The van der Waals surface area contributed by atoms with Crippen molar-refractivity contribution < 1.29 is 34.7 Å². The third-order valence-corrected chi connectivity index (χ3v) is 3.79. The monoisotopic (exact) mass is 350 g/mol. The molecule has 0 saturated heterocycles. The minimum absolute atomic E-state index is 0.106. The smallest absolute Gasteiger partial charge is 0.342 e. The van der Waals surface area contributed by atoms with Crippen molar-refractivity contribution in [1.82, 2.24) is 0 Å². The first-order valence-electron chi connectivity index (χ1n) is 7.84. The fourth-order valence-corrected chi connectivity index (χ4v) is 2.45. The number of aliphatic hydroxyl groups is 2. The SMILES string of the molecule is C=C1/C=C\C[C@H](C)OC(=O)c2c(O)cc(O)cc2COC[C@H](O)[C@@H]1O. The summed E-state index contributed by atoms with van der Waals surface area (Å²) in [4.78, 5) is 12.3. The summed E-state index contributed by atoms with van der Waals surface area (Å²) in [5.74, 6) is -1.40. The molecule has 0 fully saturated rings. The maximum Gasteiger partial charge on any atom is 0.342 e. The first-order chi connectivity index (χ1) is 11.8. The van der Waals surface area contributed by atoms with Gasteiger partial charge in [0.15, 0.2) is 0 Å². The van der Waals surface area contributed by atoms with Crippen LogP contribution in [-0.4, -0.2) is 51.3 Å². The van der Waals surface area contributed by atoms with E-state index >= 15 is 0 Å². The number of rotatable bonds is 0. The number of benzene rings is 1. The minimum Gasteiger partial charge on any atom is -0.508 e. The molecule has 136 valence electrons. The predicted octanol–water partition coefficient (Wildman–Crippen LogP) is 1.40. The number of aliphatic hydroxyl groups excluding tert-OH is 2. The van der Waals surface area contributed by atoms with Crippen LogP contribution < -0.4 is 0 Å². The van der Waals surface area contributed by atoms with Crippen LogP contribution in [0.15, 0.2) is 36.4 Å². The minimum atomic E-state index is -1.21. The molecule has 7 heteroatoms. The molecule has 0 radical (unpaired) electrons. The molecule has 0 bridgehead atoms. The van der Waals surface area contributed by atoms with Gasteiger partial charge in [0.05, 0.1) is 13.2 Å². The number of hydrogen-bond donors (Lipinski definition) is 4. The van der Waals surface area contributed by atoms with Crippen molar-refractivity contribution in [1.29, 1.82) is 0 Å². The number of carbonyl (C=O) groups is 1. The van der Waals surface area contributed by atoms with E-state index in [-0.39, 0.29) is 30.1 Å². The van der Waals surface area contributed by atoms with Crippen molar-refractivity contribution in [3.05, 3.63) is 47.6 Å². The predicted molar refractivity (Wildman–Crippen MR) is 89.2 cm³/mol. The number of phenolic OH excluding ortho intramolecular Hbond substituents is 2. The average Bonchev–Trinajstić information content (AvgIpc) is 2.52. The molecule has 0 saturated carbocycles. The van der Waals surface area contributed by atoms with Crippen LogP contribution in [0.3, 0.4) is 0 Å². The highest BCUT2D eigenvalue weighted by Gasteiger charge is 2.23. The summed E-state index contributed by atoms with van der Waals surface area (Å²) in [5, 5.41) is 39.6. The quantitative estimate of drug-likeness (QED) is 0.523. The first-order valence-corrected chi connectivity index (χ1v) is 7.84. The normalized spacial score (nSPS) is 27.1. The van der Waals surface area contributed by atoms with Crippen LogP contribution in [0.4, 0.5) is 0 Å². The molecule has 2 rings (SSSR count). The molecule has 0 amide bonds. The Morgan fingerprint density at radius 3 is 2.68 bits per heavy atom. The van der Waals surface area contributed by atoms with Crippen molar-refractivity contribution in [2.75, 3.05) is 6.61 Å². The van der Waals surface area contributed by atoms with E-state index in [2.05, 4.69) is 6.58 Å². The fraction of sp³-hybridized carbons (Fsp3) is 0.389. The van der Waals surface area contributed by atoms with Crippen LogP contribution in [0.25, 0.3) is 0 Å². The van der Waals surface area contributed by atoms with Gasteiger partial charge in [0.1, 0.15) is 35.4 Å². The zero-order valence-corrected chi connectivity index (χ0v) is 13.9. The second-order valence-corrected chi connectivity index (χ2v) is 5.96. The van der Waals surface area contributed by atoms with Crippen molar-refractivity contribution in [2.24, 2.45) is 0 Å². The topological polar surface area (TPSA) is 116 Å². The van der Waals surface area contributed by atoms with Gasteiger partial charge in [-0.25, -0.2) is 4.79 Å². The summed E-state index contributed by atoms with van der Waals surface area (Å²) in [6.45, 7) is 4.96. The van der Waals surface area contributed by atoms with Gasteiger partial charge in [-0.15, -0.1) is 0 Å². The van der Waals surface area contributed by atoms with Gasteiger partial charge in [-0.2, -0.15) is 0 Å². The highest BCUT2D eigenvalue weighted by molar-refractivity contribution is 5.94. The molecule has 1 aliphatic heterocycles. The summed E-state index contributed by atoms with van der Waals surface area (Å²) in [5.41, 5.74) is 0.412. The lowest BCUT2D eigenvalue weighted by molar-refractivity contribution is -0.0278. The Morgan fingerprint density at radius 1 is 1.24 bits per heavy atom. The molecular formula is C18H22O7. The lowest BCUT2D eigenvalue weighted by Gasteiger charge is -2.20. The number of aromatic hydroxyl groups is 2. The molecule has 1 aromatic carbocycles. The molecule has 1 heterocycles. The Labute approximate surface area is 145 Å². The maximum atomic E-state index is 12.3. The van der Waals surface area contributed by atoms with E-state index < -0.39 is 30.0 Å². The van der Waals surface area contributed by atoms with Crippen molar-refractivity contribution in [2.45, 2.75) is 38.3 Å². The average molecular weight is 350 g/mol. The van der Waals surface area contributed by atoms with E-state index in [0.29, 0.717) is 12.0 Å². The van der Waals surface area contributed by atoms with Crippen molar-refractivity contribution in [3.63, 3.8) is 0 Å². The van der Waals surface area contributed by atoms with Crippen molar-refractivity contribution >= 4 is 5.97 Å². The Hall–Kier alpha value is -2.35. The molecule has 3 atom stereocenters. The molecule has 1 aliphatic rings. The number of carbonyl (C=O) groups excluding carboxylic acids is 1. The number of cyclic esters (lactones) is 1. The largest absolute Gasteiger partial charge is 0.508 e. The molecule has 4 N–H and O–H groups in total. The van der Waals surface area contributed by atoms with E-state index in [9.17, 15) is 25.2 Å². The fourth-order valence-electron chi connectivity index (χ4n) is 2.45. The van der Waals surface area contributed by atoms with E-state index in [4.69, 9.17) is 9.47 Å². The summed E-state index contributed by atoms with van der Waals surface area (Å²) in [6.07, 6.45) is 0.669. The summed E-state index contributed by atoms with van der Waals surface area (Å²) in [6, 6.07) is 2.31. The third-order valence-electron chi connectivity index (χ3n) is 3.79. The number of phenols is 2. The number of fused-ring (bicyclic) bond motifs is 1. The van der Waals surface area contributed by atoms with Crippen molar-refractivity contribution in [3.8, 4) is 11.5 Å². The first kappa shape index (κ1) is 19.0. The summed E-state index contributed by atoms with van der Waals surface area (Å²) < 4.78 is 10.6. The second kappa shape index (κ2) is 8.15. The van der Waals surface area contributed by atoms with Gasteiger partial charge >= 0.3 is 5.97 Å². The lowest BCUT2D eigenvalue weighted by atomic mass is 10.0. The molecule has 0 aliphatic carbocycles. The Kier molecular flexibility index (Phi) is 6.19. The second-order valence-electron chi connectivity index (χ2n) is 5.96. The van der Waals surface area contributed by atoms with Gasteiger partial charge < -0.3 is 29.9 Å². The van der Waals surface area contributed by atoms with Gasteiger partial charge in [-0.05, 0) is 24.1 Å². The highest BCUT2D eigenvalue weighted by atomic mass is 16.5. The Bertz CT molecular complexity index is 680. The standard InChI is InChI=1S/C18H22O7/c1-10-4-3-5-11(2)25-18(23)16-12(6-13(19)7-14(16)20)8-24-9-15(21)17(10)22/h3-4,6-7,11,15,17,19-22H,1,5,8-9H2,2H3/b4-3-/t11-,15-,17+/m0/s1. The highest BCUT2D eigenvalue weighted by Crippen LogP contribution is 2.29. The number of ether oxygens (including phenoxy) is 2. The van der Waals surface area contributed by atoms with Crippen LogP contribution in [0.1, 0.15) is 29.3 Å². The third kappa shape index (κ3) is 4.82. The Morgan fingerprint density at radius 2 is 1.96 bits per heavy atom. The summed E-state index contributed by atoms with van der Waals surface area (Å²) in [7, 11) is 0. The van der Waals surface area contributed by atoms with Gasteiger partial charge in [0, 0.05) is 12.5 Å². The zero-order valence-electron chi connectivity index (χ0n) is 13.9. The van der Waals surface area contributed by atoms with Gasteiger partial charge in [0.25, 0.3) is 0 Å². The molecule has 0 spiro atoms. The molecule has 1 aromatic rings. The van der Waals surface area contributed by atoms with E-state index in [1.54, 1.807) is 19.1 Å². The molecule has 0 unspecified atom stereocenters. The van der Waals surface area contributed by atoms with Crippen LogP contribution in [0.5, 0.6) is 11.5 Å². The maximum absolute atomic E-state index is 12.3. The van der Waals surface area contributed by atoms with Gasteiger partial charge in [0.2, 0.25) is 0 Å². The van der Waals surface area contributed by atoms with E-state index in [0.717, 1.165) is 6.07 Å². The number of hydrogen-bond acceptors (Lipinski definition) is 7. The van der Waals surface area contributed by atoms with Crippen LogP contribution in [-0.2, 0) is 16.1 Å². The van der Waals surface area contributed by atoms with E-state index in [1.165, 1.54) is 6.07 Å². The van der Waals surface area contributed by atoms with Crippen LogP contribution >= 0.6 is 0 Å². The number of esters is 1. The zero-order chi connectivity index (χ0) is 18.6. The molecule has 25 heavy (non-hydrogen) atoms. The molecule has 0 aromatic heterocycles. The van der Waals surface area contributed by atoms with Gasteiger partial charge in [-0.3, -0.25) is 0 Å². The Balaban J connectivity index is 2.34. The van der Waals surface area contributed by atoms with E-state index in [1.807, 2.05) is 0 Å². The lowest BCUT2D eigenvalue weighted by Crippen LogP contribution is -2.31.